The highest BCUT2D eigenvalue weighted by Gasteiger charge is 2.14. The van der Waals surface area contributed by atoms with E-state index in [4.69, 9.17) is 10.5 Å². The molecule has 3 N–H and O–H groups in total. The van der Waals surface area contributed by atoms with Crippen molar-refractivity contribution in [3.8, 4) is 5.75 Å². The van der Waals surface area contributed by atoms with Crippen molar-refractivity contribution in [2.45, 2.75) is 26.3 Å². The van der Waals surface area contributed by atoms with Crippen molar-refractivity contribution >= 4 is 11.5 Å². The lowest BCUT2D eigenvalue weighted by atomic mass is 10.1. The monoisotopic (exact) mass is 274 g/mol. The molecule has 0 radical (unpaired) electrons. The van der Waals surface area contributed by atoms with E-state index < -0.39 is 0 Å². The summed E-state index contributed by atoms with van der Waals surface area (Å²) in [5.74, 6) is 1.72. The van der Waals surface area contributed by atoms with Crippen LogP contribution in [-0.4, -0.2) is 16.9 Å². The fraction of sp³-hybridized carbons (Fsp3) is 0.400. The van der Waals surface area contributed by atoms with Gasteiger partial charge in [-0.15, -0.1) is 0 Å². The summed E-state index contributed by atoms with van der Waals surface area (Å²) < 4.78 is 6.97. The van der Waals surface area contributed by atoms with Crippen LogP contribution in [0.5, 0.6) is 5.75 Å². The van der Waals surface area contributed by atoms with E-state index in [1.807, 2.05) is 31.3 Å². The summed E-state index contributed by atoms with van der Waals surface area (Å²) in [6.07, 6.45) is 0.832. The minimum atomic E-state index is 0.142. The number of nitrogens with two attached hydrogens (primary N) is 1. The second kappa shape index (κ2) is 5.86. The molecule has 20 heavy (non-hydrogen) atoms. The number of ether oxygens (including phenoxy) is 1. The first-order chi connectivity index (χ1) is 9.56. The summed E-state index contributed by atoms with van der Waals surface area (Å²) in [5, 5.41) is 7.83. The van der Waals surface area contributed by atoms with Crippen molar-refractivity contribution in [2.75, 3.05) is 18.2 Å². The highest BCUT2D eigenvalue weighted by Crippen LogP contribution is 2.27. The van der Waals surface area contributed by atoms with Gasteiger partial charge in [-0.1, -0.05) is 19.1 Å². The molecule has 1 aromatic carbocycles. The minimum absolute atomic E-state index is 0.142. The molecular weight excluding hydrogens is 252 g/mol. The molecule has 0 saturated heterocycles. The highest BCUT2D eigenvalue weighted by molar-refractivity contribution is 5.65. The number of hydrogen-bond acceptors (Lipinski definition) is 4. The average molecular weight is 274 g/mol. The number of aromatic nitrogens is 2. The molecule has 2 aromatic rings. The highest BCUT2D eigenvalue weighted by atomic mass is 16.5. The van der Waals surface area contributed by atoms with Crippen molar-refractivity contribution in [2.24, 2.45) is 7.05 Å². The lowest BCUT2D eigenvalue weighted by Crippen LogP contribution is -2.11. The van der Waals surface area contributed by atoms with E-state index in [0.717, 1.165) is 29.4 Å². The van der Waals surface area contributed by atoms with Gasteiger partial charge in [0.15, 0.2) is 0 Å². The number of nitrogen functional groups attached to an aromatic ring is 1. The van der Waals surface area contributed by atoms with Crippen LogP contribution in [0.15, 0.2) is 24.3 Å². The van der Waals surface area contributed by atoms with Gasteiger partial charge >= 0.3 is 0 Å². The zero-order chi connectivity index (χ0) is 14.7. The van der Waals surface area contributed by atoms with Crippen molar-refractivity contribution in [3.05, 3.63) is 35.5 Å². The molecule has 0 bridgehead atoms. The lowest BCUT2D eigenvalue weighted by molar-refractivity contribution is 0.414. The number of nitrogens with one attached hydrogen (secondary N) is 1. The van der Waals surface area contributed by atoms with Crippen molar-refractivity contribution in [3.63, 3.8) is 0 Å². The normalized spacial score (nSPS) is 12.2. The Morgan fingerprint density at radius 1 is 1.35 bits per heavy atom. The fourth-order valence-corrected chi connectivity index (χ4v) is 2.21. The second-order valence-corrected chi connectivity index (χ2v) is 4.83. The number of rotatable bonds is 5. The van der Waals surface area contributed by atoms with Gasteiger partial charge in [0.25, 0.3) is 0 Å². The minimum Gasteiger partial charge on any atom is -0.497 e. The molecule has 1 atom stereocenters. The predicted molar refractivity (Wildman–Crippen MR) is 82.0 cm³/mol. The maximum absolute atomic E-state index is 6.12. The van der Waals surface area contributed by atoms with Gasteiger partial charge in [0.1, 0.15) is 11.6 Å². The topological polar surface area (TPSA) is 65.1 Å². The van der Waals surface area contributed by atoms with Crippen LogP contribution in [0.4, 0.5) is 11.5 Å². The van der Waals surface area contributed by atoms with Gasteiger partial charge < -0.3 is 15.8 Å². The molecule has 2 rings (SSSR count). The zero-order valence-electron chi connectivity index (χ0n) is 12.5. The summed E-state index contributed by atoms with van der Waals surface area (Å²) in [7, 11) is 3.57. The summed E-state index contributed by atoms with van der Waals surface area (Å²) >= 11 is 0. The number of aryl methyl sites for hydroxylation is 2. The maximum Gasteiger partial charge on any atom is 0.148 e. The first kappa shape index (κ1) is 14.2. The second-order valence-electron chi connectivity index (χ2n) is 4.83. The molecule has 0 amide bonds. The Labute approximate surface area is 119 Å². The fourth-order valence-electron chi connectivity index (χ4n) is 2.21. The summed E-state index contributed by atoms with van der Waals surface area (Å²) in [6.45, 7) is 4.15. The predicted octanol–water partition coefficient (Wildman–Crippen LogP) is 2.75. The van der Waals surface area contributed by atoms with Crippen molar-refractivity contribution in [1.82, 2.24) is 9.78 Å². The van der Waals surface area contributed by atoms with Gasteiger partial charge in [0.2, 0.25) is 0 Å². The van der Waals surface area contributed by atoms with E-state index in [1.54, 1.807) is 11.8 Å². The smallest absolute Gasteiger partial charge is 0.148 e. The van der Waals surface area contributed by atoms with Gasteiger partial charge in [-0.3, -0.25) is 4.68 Å². The van der Waals surface area contributed by atoms with Gasteiger partial charge in [0.05, 0.1) is 24.5 Å². The number of anilines is 2. The summed E-state index contributed by atoms with van der Waals surface area (Å²) in [4.78, 5) is 0. The van der Waals surface area contributed by atoms with Crippen LogP contribution in [0, 0.1) is 0 Å². The molecule has 0 aliphatic rings. The Morgan fingerprint density at radius 3 is 2.50 bits per heavy atom. The lowest BCUT2D eigenvalue weighted by Gasteiger charge is -2.16. The molecule has 5 heteroatoms. The summed E-state index contributed by atoms with van der Waals surface area (Å²) in [6, 6.07) is 8.14. The molecule has 0 saturated carbocycles. The first-order valence-corrected chi connectivity index (χ1v) is 6.78. The van der Waals surface area contributed by atoms with Gasteiger partial charge in [0, 0.05) is 7.05 Å². The van der Waals surface area contributed by atoms with E-state index in [-0.39, 0.29) is 6.04 Å². The average Bonchev–Trinajstić information content (AvgIpc) is 2.74. The Kier molecular flexibility index (Phi) is 4.17. The standard InChI is InChI=1S/C15H22N4O/c1-5-13-14(16)15(19(3)18-13)17-10(2)11-6-8-12(20-4)9-7-11/h6-10,17H,5,16H2,1-4H3. The Bertz CT molecular complexity index is 574. The van der Waals surface area contributed by atoms with Crippen LogP contribution >= 0.6 is 0 Å². The Morgan fingerprint density at radius 2 is 2.00 bits per heavy atom. The SMILES string of the molecule is CCc1nn(C)c(NC(C)c2ccc(OC)cc2)c1N. The van der Waals surface area contributed by atoms with E-state index in [9.17, 15) is 0 Å². The van der Waals surface area contributed by atoms with Crippen LogP contribution in [0.25, 0.3) is 0 Å². The molecular formula is C15H22N4O. The molecule has 0 fully saturated rings. The summed E-state index contributed by atoms with van der Waals surface area (Å²) in [5.41, 5.74) is 8.95. The van der Waals surface area contributed by atoms with Crippen LogP contribution in [0.3, 0.4) is 0 Å². The molecule has 1 aromatic heterocycles. The quantitative estimate of drug-likeness (QED) is 0.880. The molecule has 1 heterocycles. The molecule has 0 aliphatic heterocycles. The third-order valence-corrected chi connectivity index (χ3v) is 3.46. The number of methoxy groups -OCH3 is 1. The molecule has 0 spiro atoms. The van der Waals surface area contributed by atoms with Crippen molar-refractivity contribution < 1.29 is 4.74 Å². The van der Waals surface area contributed by atoms with Gasteiger partial charge in [-0.2, -0.15) is 5.10 Å². The van der Waals surface area contributed by atoms with Crippen molar-refractivity contribution in [1.29, 1.82) is 0 Å². The number of nitrogens with zero attached hydrogens (tertiary/aromatic N) is 2. The molecule has 5 nitrogen and oxygen atoms in total. The van der Waals surface area contributed by atoms with E-state index in [1.165, 1.54) is 5.56 Å². The molecule has 0 aliphatic carbocycles. The third kappa shape index (κ3) is 2.71. The van der Waals surface area contributed by atoms with Gasteiger partial charge in [-0.25, -0.2) is 0 Å². The van der Waals surface area contributed by atoms with Gasteiger partial charge in [-0.05, 0) is 31.0 Å². The van der Waals surface area contributed by atoms with Crippen LogP contribution < -0.4 is 15.8 Å². The van der Waals surface area contributed by atoms with Crippen LogP contribution in [-0.2, 0) is 13.5 Å². The largest absolute Gasteiger partial charge is 0.497 e. The third-order valence-electron chi connectivity index (χ3n) is 3.46. The zero-order valence-corrected chi connectivity index (χ0v) is 12.5. The maximum atomic E-state index is 6.12. The van der Waals surface area contributed by atoms with Crippen LogP contribution in [0.2, 0.25) is 0 Å². The van der Waals surface area contributed by atoms with E-state index >= 15 is 0 Å². The van der Waals surface area contributed by atoms with E-state index in [0.29, 0.717) is 0 Å². The number of benzene rings is 1. The Balaban J connectivity index is 2.18. The molecule has 108 valence electrons. The Hall–Kier alpha value is -2.17. The van der Waals surface area contributed by atoms with Crippen LogP contribution in [0.1, 0.15) is 31.1 Å². The molecule has 1 unspecified atom stereocenters. The first-order valence-electron chi connectivity index (χ1n) is 6.78. The van der Waals surface area contributed by atoms with E-state index in [2.05, 4.69) is 24.3 Å². The number of hydrogen-bond donors (Lipinski definition) is 2.